The van der Waals surface area contributed by atoms with Crippen LogP contribution >= 0.6 is 0 Å². The molecule has 0 bridgehead atoms. The van der Waals surface area contributed by atoms with Crippen molar-refractivity contribution in [3.05, 3.63) is 72.1 Å². The van der Waals surface area contributed by atoms with Crippen molar-refractivity contribution in [3.63, 3.8) is 0 Å². The van der Waals surface area contributed by atoms with Crippen LogP contribution in [-0.4, -0.2) is 29.4 Å². The largest absolute Gasteiger partial charge is 0.454 e. The van der Waals surface area contributed by atoms with E-state index in [2.05, 4.69) is 6.58 Å². The van der Waals surface area contributed by atoms with Gasteiger partial charge in [0, 0.05) is 25.2 Å². The minimum atomic E-state index is -0.492. The second kappa shape index (κ2) is 8.83. The van der Waals surface area contributed by atoms with E-state index in [1.54, 1.807) is 18.2 Å². The molecule has 0 amide bonds. The van der Waals surface area contributed by atoms with E-state index in [1.165, 1.54) is 6.07 Å². The first-order chi connectivity index (χ1) is 12.7. The van der Waals surface area contributed by atoms with Gasteiger partial charge in [0.25, 0.3) is 0 Å². The van der Waals surface area contributed by atoms with E-state index in [-0.39, 0.29) is 12.6 Å². The van der Waals surface area contributed by atoms with Crippen LogP contribution in [0.3, 0.4) is 0 Å². The summed E-state index contributed by atoms with van der Waals surface area (Å²) in [5.41, 5.74) is 1.64. The quantitative estimate of drug-likeness (QED) is 0.692. The zero-order valence-electron chi connectivity index (χ0n) is 14.7. The number of fused-ring (bicyclic) bond motifs is 1. The molecule has 0 spiro atoms. The van der Waals surface area contributed by atoms with Gasteiger partial charge in [-0.05, 0) is 36.6 Å². The van der Waals surface area contributed by atoms with Crippen molar-refractivity contribution < 1.29 is 19.0 Å². The normalized spacial score (nSPS) is 13.8. The second-order valence-corrected chi connectivity index (χ2v) is 6.47. The van der Waals surface area contributed by atoms with E-state index >= 15 is 0 Å². The summed E-state index contributed by atoms with van der Waals surface area (Å²) in [6, 6.07) is 12.5. The van der Waals surface area contributed by atoms with Crippen LogP contribution in [0.15, 0.2) is 55.1 Å². The molecule has 3 rings (SSSR count). The molecule has 0 unspecified atom stereocenters. The maximum Gasteiger partial charge on any atom is 0.231 e. The third kappa shape index (κ3) is 4.84. The zero-order chi connectivity index (χ0) is 18.4. The average molecular weight is 357 g/mol. The number of benzene rings is 2. The van der Waals surface area contributed by atoms with Gasteiger partial charge in [-0.1, -0.05) is 30.3 Å². The molecule has 1 aliphatic rings. The number of ether oxygens (including phenoxy) is 2. The van der Waals surface area contributed by atoms with E-state index < -0.39 is 6.10 Å². The molecule has 0 saturated carbocycles. The minimum Gasteiger partial charge on any atom is -0.454 e. The molecule has 1 atom stereocenters. The highest BCUT2D eigenvalue weighted by Gasteiger charge is 2.17. The van der Waals surface area contributed by atoms with E-state index in [4.69, 9.17) is 9.47 Å². The molecular formula is C21H24FNO3. The lowest BCUT2D eigenvalue weighted by molar-refractivity contribution is 0.0977. The summed E-state index contributed by atoms with van der Waals surface area (Å²) >= 11 is 0. The maximum absolute atomic E-state index is 14.1. The van der Waals surface area contributed by atoms with Gasteiger partial charge >= 0.3 is 0 Å². The Labute approximate surface area is 153 Å². The Bertz CT molecular complexity index is 750. The highest BCUT2D eigenvalue weighted by atomic mass is 19.1. The molecule has 26 heavy (non-hydrogen) atoms. The van der Waals surface area contributed by atoms with Crippen LogP contribution in [0.2, 0.25) is 0 Å². The van der Waals surface area contributed by atoms with Crippen LogP contribution in [0.25, 0.3) is 0 Å². The Morgan fingerprint density at radius 1 is 1.15 bits per heavy atom. The highest BCUT2D eigenvalue weighted by molar-refractivity contribution is 5.44. The number of aliphatic hydroxyl groups excluding tert-OH is 1. The van der Waals surface area contributed by atoms with Crippen LogP contribution in [0, 0.1) is 5.82 Å². The summed E-state index contributed by atoms with van der Waals surface area (Å²) in [5, 5.41) is 10.3. The number of aliphatic hydroxyl groups is 1. The van der Waals surface area contributed by atoms with Crippen molar-refractivity contribution in [1.82, 2.24) is 4.90 Å². The Balaban J connectivity index is 1.73. The molecule has 0 saturated heterocycles. The first kappa shape index (κ1) is 18.4. The fourth-order valence-corrected chi connectivity index (χ4v) is 3.05. The van der Waals surface area contributed by atoms with Crippen LogP contribution in [0.4, 0.5) is 4.39 Å². The minimum absolute atomic E-state index is 0.233. The average Bonchev–Trinajstić information content (AvgIpc) is 3.09. The van der Waals surface area contributed by atoms with Crippen molar-refractivity contribution in [2.45, 2.75) is 32.0 Å². The van der Waals surface area contributed by atoms with Crippen LogP contribution < -0.4 is 9.47 Å². The monoisotopic (exact) mass is 357 g/mol. The molecule has 0 radical (unpaired) electrons. The Hall–Kier alpha value is -2.37. The molecular weight excluding hydrogens is 333 g/mol. The van der Waals surface area contributed by atoms with Crippen molar-refractivity contribution in [3.8, 4) is 11.5 Å². The molecule has 1 N–H and O–H groups in total. The van der Waals surface area contributed by atoms with Gasteiger partial charge in [-0.2, -0.15) is 0 Å². The summed E-state index contributed by atoms with van der Waals surface area (Å²) in [6.07, 6.45) is 2.69. The molecule has 138 valence electrons. The van der Waals surface area contributed by atoms with Crippen LogP contribution in [0.5, 0.6) is 11.5 Å². The SMILES string of the molecule is C=CCC[C@H](O)CN(Cc1ccc2c(c1)OCO2)Cc1ccccc1F. The summed E-state index contributed by atoms with van der Waals surface area (Å²) in [7, 11) is 0. The molecule has 2 aromatic rings. The molecule has 1 heterocycles. The van der Waals surface area contributed by atoms with Gasteiger partial charge in [0.05, 0.1) is 6.10 Å². The van der Waals surface area contributed by atoms with Gasteiger partial charge in [-0.25, -0.2) is 4.39 Å². The van der Waals surface area contributed by atoms with E-state index in [1.807, 2.05) is 29.2 Å². The summed E-state index contributed by atoms with van der Waals surface area (Å²) in [5.74, 6) is 1.23. The molecule has 5 heteroatoms. The summed E-state index contributed by atoms with van der Waals surface area (Å²) < 4.78 is 24.8. The van der Waals surface area contributed by atoms with E-state index in [9.17, 15) is 9.50 Å². The lowest BCUT2D eigenvalue weighted by Crippen LogP contribution is -2.32. The molecule has 1 aliphatic heterocycles. The second-order valence-electron chi connectivity index (χ2n) is 6.47. The van der Waals surface area contributed by atoms with E-state index in [0.717, 1.165) is 23.5 Å². The number of hydrogen-bond donors (Lipinski definition) is 1. The van der Waals surface area contributed by atoms with Gasteiger partial charge in [0.1, 0.15) is 5.82 Å². The van der Waals surface area contributed by atoms with Crippen LogP contribution in [-0.2, 0) is 13.1 Å². The standard InChI is InChI=1S/C21H24FNO3/c1-2-3-7-18(24)14-23(13-17-6-4-5-8-19(17)22)12-16-9-10-20-21(11-16)26-15-25-20/h2,4-6,8-11,18,24H,1,3,7,12-15H2/t18-/m0/s1. The van der Waals surface area contributed by atoms with Crippen LogP contribution in [0.1, 0.15) is 24.0 Å². The number of nitrogens with zero attached hydrogens (tertiary/aromatic N) is 1. The lowest BCUT2D eigenvalue weighted by Gasteiger charge is -2.25. The first-order valence-corrected chi connectivity index (χ1v) is 8.79. The van der Waals surface area contributed by atoms with Crippen molar-refractivity contribution in [2.75, 3.05) is 13.3 Å². The predicted octanol–water partition coefficient (Wildman–Crippen LogP) is 3.88. The third-order valence-electron chi connectivity index (χ3n) is 4.37. The molecule has 0 aliphatic carbocycles. The summed E-state index contributed by atoms with van der Waals surface area (Å²) in [4.78, 5) is 2.05. The number of rotatable bonds is 9. The zero-order valence-corrected chi connectivity index (χ0v) is 14.7. The molecule has 0 fully saturated rings. The van der Waals surface area contributed by atoms with Crippen molar-refractivity contribution in [1.29, 1.82) is 0 Å². The van der Waals surface area contributed by atoms with Gasteiger partial charge in [-0.15, -0.1) is 6.58 Å². The molecule has 2 aromatic carbocycles. The number of halogens is 1. The van der Waals surface area contributed by atoms with Gasteiger partial charge in [-0.3, -0.25) is 4.90 Å². The fraction of sp³-hybridized carbons (Fsp3) is 0.333. The van der Waals surface area contributed by atoms with Gasteiger partial charge in [0.2, 0.25) is 6.79 Å². The van der Waals surface area contributed by atoms with E-state index in [0.29, 0.717) is 31.6 Å². The Morgan fingerprint density at radius 3 is 2.77 bits per heavy atom. The topological polar surface area (TPSA) is 41.9 Å². The fourth-order valence-electron chi connectivity index (χ4n) is 3.05. The predicted molar refractivity (Wildman–Crippen MR) is 98.5 cm³/mol. The smallest absolute Gasteiger partial charge is 0.231 e. The highest BCUT2D eigenvalue weighted by Crippen LogP contribution is 2.33. The van der Waals surface area contributed by atoms with Crippen molar-refractivity contribution >= 4 is 0 Å². The maximum atomic E-state index is 14.1. The van der Waals surface area contributed by atoms with Gasteiger partial charge in [0.15, 0.2) is 11.5 Å². The summed E-state index contributed by atoms with van der Waals surface area (Å²) in [6.45, 7) is 5.38. The number of allylic oxidation sites excluding steroid dienone is 1. The Kier molecular flexibility index (Phi) is 6.26. The first-order valence-electron chi connectivity index (χ1n) is 8.79. The Morgan fingerprint density at radius 2 is 1.96 bits per heavy atom. The third-order valence-corrected chi connectivity index (χ3v) is 4.37. The van der Waals surface area contributed by atoms with Gasteiger partial charge < -0.3 is 14.6 Å². The molecule has 4 nitrogen and oxygen atoms in total. The van der Waals surface area contributed by atoms with Crippen molar-refractivity contribution in [2.24, 2.45) is 0 Å². The number of hydrogen-bond acceptors (Lipinski definition) is 4. The lowest BCUT2D eigenvalue weighted by atomic mass is 10.1. The molecule has 0 aromatic heterocycles.